The minimum absolute atomic E-state index is 0.254. The first-order chi connectivity index (χ1) is 15.7. The van der Waals surface area contributed by atoms with Crippen LogP contribution in [0.4, 0.5) is 0 Å². The SMILES string of the molecule is CC[C@H](C)[C@H](NC(=O)CNC(=O)[C@H](CCCCN)NC(=O)[C@@H](N)CC1CCCCC1)C(=O)O. The number of hydrogen-bond acceptors (Lipinski definition) is 6. The van der Waals surface area contributed by atoms with Crippen LogP contribution in [0.3, 0.4) is 0 Å². The minimum Gasteiger partial charge on any atom is -0.480 e. The van der Waals surface area contributed by atoms with Crippen molar-refractivity contribution >= 4 is 23.7 Å². The Hall–Kier alpha value is -2.20. The fourth-order valence-electron chi connectivity index (χ4n) is 4.13. The van der Waals surface area contributed by atoms with Crippen LogP contribution < -0.4 is 27.4 Å². The number of carbonyl (C=O) groups is 4. The Morgan fingerprint density at radius 3 is 2.27 bits per heavy atom. The molecular weight excluding hydrogens is 426 g/mol. The largest absolute Gasteiger partial charge is 0.480 e. The van der Waals surface area contributed by atoms with Crippen molar-refractivity contribution < 1.29 is 24.3 Å². The van der Waals surface area contributed by atoms with Crippen LogP contribution in [-0.4, -0.2) is 60.0 Å². The second kappa shape index (κ2) is 15.6. The van der Waals surface area contributed by atoms with E-state index in [1.165, 1.54) is 6.42 Å². The summed E-state index contributed by atoms with van der Waals surface area (Å²) < 4.78 is 0. The van der Waals surface area contributed by atoms with Crippen LogP contribution in [-0.2, 0) is 19.2 Å². The standard InChI is InChI=1S/C23H43N5O5/c1-3-15(2)20(23(32)33)28-19(29)14-26-22(31)18(11-7-8-12-24)27-21(30)17(25)13-16-9-5-4-6-10-16/h15-18,20H,3-14,24-25H2,1-2H3,(H,26,31)(H,27,30)(H,28,29)(H,32,33)/t15-,17-,18-,20-/m0/s1. The van der Waals surface area contributed by atoms with Gasteiger partial charge in [-0.1, -0.05) is 52.4 Å². The zero-order chi connectivity index (χ0) is 24.8. The van der Waals surface area contributed by atoms with Crippen molar-refractivity contribution in [3.63, 3.8) is 0 Å². The number of nitrogens with one attached hydrogen (secondary N) is 3. The summed E-state index contributed by atoms with van der Waals surface area (Å²) in [7, 11) is 0. The topological polar surface area (TPSA) is 177 Å². The van der Waals surface area contributed by atoms with Crippen molar-refractivity contribution in [2.45, 2.75) is 96.2 Å². The van der Waals surface area contributed by atoms with Crippen LogP contribution in [0.25, 0.3) is 0 Å². The Morgan fingerprint density at radius 2 is 1.70 bits per heavy atom. The van der Waals surface area contributed by atoms with Gasteiger partial charge in [-0.05, 0) is 44.1 Å². The molecule has 0 unspecified atom stereocenters. The van der Waals surface area contributed by atoms with Crippen LogP contribution in [0.15, 0.2) is 0 Å². The molecule has 0 spiro atoms. The third-order valence-electron chi connectivity index (χ3n) is 6.45. The molecule has 1 fully saturated rings. The van der Waals surface area contributed by atoms with Crippen LogP contribution in [0.2, 0.25) is 0 Å². The highest BCUT2D eigenvalue weighted by Gasteiger charge is 2.28. The highest BCUT2D eigenvalue weighted by atomic mass is 16.4. The number of carbonyl (C=O) groups excluding carboxylic acids is 3. The summed E-state index contributed by atoms with van der Waals surface area (Å²) in [5, 5.41) is 17.0. The van der Waals surface area contributed by atoms with E-state index >= 15 is 0 Å². The number of unbranched alkanes of at least 4 members (excludes halogenated alkanes) is 1. The highest BCUT2D eigenvalue weighted by Crippen LogP contribution is 2.27. The summed E-state index contributed by atoms with van der Waals surface area (Å²) in [6, 6.07) is -2.55. The molecule has 0 aromatic heterocycles. The van der Waals surface area contributed by atoms with Crippen molar-refractivity contribution in [3.8, 4) is 0 Å². The van der Waals surface area contributed by atoms with E-state index in [4.69, 9.17) is 11.5 Å². The maximum absolute atomic E-state index is 12.7. The Bertz CT molecular complexity index is 639. The molecule has 8 N–H and O–H groups in total. The zero-order valence-electron chi connectivity index (χ0n) is 20.1. The average Bonchev–Trinajstić information content (AvgIpc) is 2.80. The third-order valence-corrected chi connectivity index (χ3v) is 6.45. The summed E-state index contributed by atoms with van der Waals surface area (Å²) in [6.07, 6.45) is 8.57. The number of carboxylic acid groups (broad SMARTS) is 1. The van der Waals surface area contributed by atoms with Gasteiger partial charge in [-0.2, -0.15) is 0 Å². The Balaban J connectivity index is 2.63. The molecule has 1 rings (SSSR count). The zero-order valence-corrected chi connectivity index (χ0v) is 20.1. The van der Waals surface area contributed by atoms with Gasteiger partial charge in [-0.25, -0.2) is 4.79 Å². The first-order valence-corrected chi connectivity index (χ1v) is 12.2. The lowest BCUT2D eigenvalue weighted by Crippen LogP contribution is -2.54. The molecule has 0 aliphatic heterocycles. The molecule has 10 heteroatoms. The van der Waals surface area contributed by atoms with Gasteiger partial charge in [0, 0.05) is 0 Å². The molecule has 1 aliphatic rings. The van der Waals surface area contributed by atoms with Crippen molar-refractivity contribution in [1.29, 1.82) is 0 Å². The maximum Gasteiger partial charge on any atom is 0.326 e. The number of nitrogens with two attached hydrogens (primary N) is 2. The van der Waals surface area contributed by atoms with E-state index in [2.05, 4.69) is 16.0 Å². The van der Waals surface area contributed by atoms with Crippen molar-refractivity contribution in [3.05, 3.63) is 0 Å². The van der Waals surface area contributed by atoms with E-state index in [0.717, 1.165) is 25.7 Å². The molecule has 0 radical (unpaired) electrons. The molecule has 1 aliphatic carbocycles. The van der Waals surface area contributed by atoms with Gasteiger partial charge in [0.1, 0.15) is 12.1 Å². The molecule has 0 bridgehead atoms. The highest BCUT2D eigenvalue weighted by molar-refractivity contribution is 5.92. The van der Waals surface area contributed by atoms with Gasteiger partial charge in [0.25, 0.3) is 0 Å². The second-order valence-electron chi connectivity index (χ2n) is 9.18. The maximum atomic E-state index is 12.7. The lowest BCUT2D eigenvalue weighted by Gasteiger charge is -2.25. The van der Waals surface area contributed by atoms with E-state index in [9.17, 15) is 24.3 Å². The monoisotopic (exact) mass is 469 g/mol. The van der Waals surface area contributed by atoms with Crippen LogP contribution >= 0.6 is 0 Å². The molecule has 0 aromatic rings. The molecule has 3 amide bonds. The van der Waals surface area contributed by atoms with Gasteiger partial charge >= 0.3 is 5.97 Å². The summed E-state index contributed by atoms with van der Waals surface area (Å²) in [5.41, 5.74) is 11.7. The third kappa shape index (κ3) is 11.0. The van der Waals surface area contributed by atoms with E-state index in [1.54, 1.807) is 6.92 Å². The Labute approximate surface area is 197 Å². The van der Waals surface area contributed by atoms with Gasteiger partial charge in [0.15, 0.2) is 0 Å². The lowest BCUT2D eigenvalue weighted by molar-refractivity contribution is -0.143. The van der Waals surface area contributed by atoms with Crippen molar-refractivity contribution in [2.75, 3.05) is 13.1 Å². The summed E-state index contributed by atoms with van der Waals surface area (Å²) in [6.45, 7) is 3.66. The number of amides is 3. The first kappa shape index (κ1) is 28.8. The normalized spacial score (nSPS) is 17.9. The number of hydrogen-bond donors (Lipinski definition) is 6. The predicted octanol–water partition coefficient (Wildman–Crippen LogP) is 0.630. The fraction of sp³-hybridized carbons (Fsp3) is 0.826. The van der Waals surface area contributed by atoms with E-state index in [1.807, 2.05) is 6.92 Å². The molecule has 0 aromatic carbocycles. The van der Waals surface area contributed by atoms with Gasteiger partial charge < -0.3 is 32.5 Å². The minimum atomic E-state index is -1.12. The number of rotatable bonds is 15. The van der Waals surface area contributed by atoms with Gasteiger partial charge in [0.05, 0.1) is 12.6 Å². The first-order valence-electron chi connectivity index (χ1n) is 12.2. The molecular formula is C23H43N5O5. The summed E-state index contributed by atoms with van der Waals surface area (Å²) in [5.74, 6) is -2.42. The Kier molecular flexibility index (Phi) is 13.6. The smallest absolute Gasteiger partial charge is 0.326 e. The number of carboxylic acids is 1. The quantitative estimate of drug-likeness (QED) is 0.190. The fourth-order valence-corrected chi connectivity index (χ4v) is 4.13. The van der Waals surface area contributed by atoms with Crippen LogP contribution in [0.5, 0.6) is 0 Å². The van der Waals surface area contributed by atoms with E-state index in [-0.39, 0.29) is 18.4 Å². The Morgan fingerprint density at radius 1 is 1.03 bits per heavy atom. The van der Waals surface area contributed by atoms with E-state index in [0.29, 0.717) is 44.6 Å². The molecule has 1 saturated carbocycles. The van der Waals surface area contributed by atoms with Gasteiger partial charge in [-0.3, -0.25) is 14.4 Å². The molecule has 0 heterocycles. The van der Waals surface area contributed by atoms with Crippen molar-refractivity contribution in [1.82, 2.24) is 16.0 Å². The molecule has 4 atom stereocenters. The summed E-state index contributed by atoms with van der Waals surface area (Å²) in [4.78, 5) is 48.9. The lowest BCUT2D eigenvalue weighted by atomic mass is 9.85. The predicted molar refractivity (Wildman–Crippen MR) is 126 cm³/mol. The average molecular weight is 470 g/mol. The molecule has 33 heavy (non-hydrogen) atoms. The van der Waals surface area contributed by atoms with Crippen LogP contribution in [0.1, 0.15) is 78.1 Å². The molecule has 0 saturated heterocycles. The number of aliphatic carboxylic acids is 1. The molecule has 10 nitrogen and oxygen atoms in total. The van der Waals surface area contributed by atoms with Crippen molar-refractivity contribution in [2.24, 2.45) is 23.3 Å². The van der Waals surface area contributed by atoms with Gasteiger partial charge in [0.2, 0.25) is 17.7 Å². The molecule has 190 valence electrons. The summed E-state index contributed by atoms with van der Waals surface area (Å²) >= 11 is 0. The van der Waals surface area contributed by atoms with Crippen LogP contribution in [0, 0.1) is 11.8 Å². The van der Waals surface area contributed by atoms with E-state index < -0.39 is 35.9 Å². The second-order valence-corrected chi connectivity index (χ2v) is 9.18. The van der Waals surface area contributed by atoms with Gasteiger partial charge in [-0.15, -0.1) is 0 Å².